The van der Waals surface area contributed by atoms with Crippen molar-refractivity contribution in [1.29, 1.82) is 0 Å². The van der Waals surface area contributed by atoms with Crippen molar-refractivity contribution >= 4 is 10.8 Å². The molecule has 0 aliphatic heterocycles. The Morgan fingerprint density at radius 3 is 2.03 bits per heavy atom. The van der Waals surface area contributed by atoms with Crippen LogP contribution in [0.1, 0.15) is 22.3 Å². The lowest BCUT2D eigenvalue weighted by Crippen LogP contribution is -2.03. The van der Waals surface area contributed by atoms with Gasteiger partial charge in [-0.15, -0.1) is 0 Å². The number of aryl methyl sites for hydroxylation is 1. The molecular weight excluding hydrogens is 497 g/mol. The van der Waals surface area contributed by atoms with Crippen molar-refractivity contribution in [3.8, 4) is 17.6 Å². The van der Waals surface area contributed by atoms with Crippen LogP contribution in [0.5, 0.6) is 5.75 Å². The zero-order chi connectivity index (χ0) is 26.7. The van der Waals surface area contributed by atoms with Gasteiger partial charge in [0, 0.05) is 28.6 Å². The smallest absolute Gasteiger partial charge is 0.195 e. The van der Waals surface area contributed by atoms with Crippen molar-refractivity contribution in [2.45, 2.75) is 12.8 Å². The molecule has 188 valence electrons. The Labute approximate surface area is 207 Å². The average molecular weight is 514 g/mol. The Morgan fingerprint density at radius 1 is 0.703 bits per heavy atom. The minimum atomic E-state index is -1.60. The number of hydrogen-bond acceptors (Lipinski definition) is 1. The topological polar surface area (TPSA) is 9.23 Å². The largest absolute Gasteiger partial charge is 0.489 e. The zero-order valence-corrected chi connectivity index (χ0v) is 19.1. The molecule has 0 radical (unpaired) electrons. The second kappa shape index (κ2) is 10.8. The summed E-state index contributed by atoms with van der Waals surface area (Å²) in [6.45, 7) is 3.52. The minimum absolute atomic E-state index is 0.00693. The summed E-state index contributed by atoms with van der Waals surface area (Å²) in [4.78, 5) is 0. The SMILES string of the molecule is C=CCOc1cc(F)c(CCc2cc(F)c(C#Cc3ccc4c(F)c(F)c(F)cc4c3)c(F)c2)c(F)c1. The number of ether oxygens (including phenoxy) is 1. The van der Waals surface area contributed by atoms with E-state index in [4.69, 9.17) is 4.74 Å². The van der Waals surface area contributed by atoms with Gasteiger partial charge in [0.1, 0.15) is 35.6 Å². The van der Waals surface area contributed by atoms with Crippen molar-refractivity contribution in [2.75, 3.05) is 6.61 Å². The number of benzene rings is 4. The van der Waals surface area contributed by atoms with Crippen LogP contribution in [0.25, 0.3) is 10.8 Å². The summed E-state index contributed by atoms with van der Waals surface area (Å²) in [6, 6.07) is 8.61. The van der Waals surface area contributed by atoms with Crippen molar-refractivity contribution < 1.29 is 35.5 Å². The molecule has 4 aromatic carbocycles. The first-order valence-electron chi connectivity index (χ1n) is 11.0. The van der Waals surface area contributed by atoms with E-state index in [0.29, 0.717) is 0 Å². The molecule has 0 bridgehead atoms. The monoisotopic (exact) mass is 514 g/mol. The highest BCUT2D eigenvalue weighted by Crippen LogP contribution is 2.25. The van der Waals surface area contributed by atoms with Gasteiger partial charge in [-0.1, -0.05) is 30.6 Å². The zero-order valence-electron chi connectivity index (χ0n) is 19.1. The summed E-state index contributed by atoms with van der Waals surface area (Å²) in [6.07, 6.45) is 1.21. The molecule has 0 heterocycles. The average Bonchev–Trinajstić information content (AvgIpc) is 2.85. The Morgan fingerprint density at radius 2 is 1.38 bits per heavy atom. The van der Waals surface area contributed by atoms with E-state index in [9.17, 15) is 30.7 Å². The molecule has 0 N–H and O–H groups in total. The van der Waals surface area contributed by atoms with Gasteiger partial charge in [0.25, 0.3) is 0 Å². The fraction of sp³-hybridized carbons (Fsp3) is 0.103. The van der Waals surface area contributed by atoms with Crippen LogP contribution in [0, 0.1) is 52.6 Å². The number of halogens is 7. The molecule has 0 saturated carbocycles. The molecule has 0 fully saturated rings. The molecule has 0 aliphatic carbocycles. The third-order valence-corrected chi connectivity index (χ3v) is 5.55. The lowest BCUT2D eigenvalue weighted by atomic mass is 10.0. The Bertz CT molecular complexity index is 1540. The molecule has 4 rings (SSSR count). The van der Waals surface area contributed by atoms with E-state index in [1.807, 2.05) is 0 Å². The van der Waals surface area contributed by atoms with Crippen LogP contribution < -0.4 is 4.74 Å². The summed E-state index contributed by atoms with van der Waals surface area (Å²) in [5.41, 5.74) is -0.460. The van der Waals surface area contributed by atoms with E-state index in [-0.39, 0.29) is 52.7 Å². The van der Waals surface area contributed by atoms with Crippen LogP contribution >= 0.6 is 0 Å². The third-order valence-electron chi connectivity index (χ3n) is 5.55. The molecule has 0 aliphatic rings. The lowest BCUT2D eigenvalue weighted by molar-refractivity contribution is 0.357. The van der Waals surface area contributed by atoms with E-state index in [0.717, 1.165) is 30.3 Å². The van der Waals surface area contributed by atoms with Crippen LogP contribution in [0.15, 0.2) is 61.2 Å². The predicted octanol–water partition coefficient (Wildman–Crippen LogP) is 7.56. The van der Waals surface area contributed by atoms with E-state index < -0.39 is 46.3 Å². The first-order valence-corrected chi connectivity index (χ1v) is 11.0. The highest BCUT2D eigenvalue weighted by atomic mass is 19.2. The maximum atomic E-state index is 14.6. The van der Waals surface area contributed by atoms with Crippen molar-refractivity contribution in [1.82, 2.24) is 0 Å². The van der Waals surface area contributed by atoms with Crippen LogP contribution in [-0.4, -0.2) is 6.61 Å². The van der Waals surface area contributed by atoms with E-state index in [1.165, 1.54) is 24.3 Å². The van der Waals surface area contributed by atoms with Gasteiger partial charge < -0.3 is 4.74 Å². The number of rotatable bonds is 6. The molecule has 0 spiro atoms. The number of hydrogen-bond donors (Lipinski definition) is 0. The van der Waals surface area contributed by atoms with Gasteiger partial charge in [-0.25, -0.2) is 30.7 Å². The molecule has 0 atom stereocenters. The highest BCUT2D eigenvalue weighted by Gasteiger charge is 2.15. The van der Waals surface area contributed by atoms with Crippen LogP contribution in [-0.2, 0) is 12.8 Å². The normalized spacial score (nSPS) is 10.8. The Hall–Kier alpha value is -4.25. The summed E-state index contributed by atoms with van der Waals surface area (Å²) in [5.74, 6) is -3.15. The van der Waals surface area contributed by atoms with Gasteiger partial charge in [0.05, 0.1) is 5.56 Å². The van der Waals surface area contributed by atoms with Gasteiger partial charge in [0.2, 0.25) is 0 Å². The molecule has 0 aromatic heterocycles. The summed E-state index contributed by atoms with van der Waals surface area (Å²) >= 11 is 0. The minimum Gasteiger partial charge on any atom is -0.489 e. The summed E-state index contributed by atoms with van der Waals surface area (Å²) < 4.78 is 104. The second-order valence-electron chi connectivity index (χ2n) is 8.07. The van der Waals surface area contributed by atoms with Crippen LogP contribution in [0.3, 0.4) is 0 Å². The molecule has 0 amide bonds. The number of fused-ring (bicyclic) bond motifs is 1. The first kappa shape index (κ1) is 25.8. The van der Waals surface area contributed by atoms with Crippen LogP contribution in [0.2, 0.25) is 0 Å². The molecule has 0 unspecified atom stereocenters. The second-order valence-corrected chi connectivity index (χ2v) is 8.07. The maximum absolute atomic E-state index is 14.6. The van der Waals surface area contributed by atoms with Gasteiger partial charge in [-0.2, -0.15) is 0 Å². The quantitative estimate of drug-likeness (QED) is 0.112. The van der Waals surface area contributed by atoms with Gasteiger partial charge in [-0.3, -0.25) is 0 Å². The van der Waals surface area contributed by atoms with Crippen LogP contribution in [0.4, 0.5) is 30.7 Å². The predicted molar refractivity (Wildman–Crippen MR) is 126 cm³/mol. The third kappa shape index (κ3) is 5.61. The molecule has 4 aromatic rings. The molecule has 8 heteroatoms. The molecular formula is C29H17F7O. The molecule has 37 heavy (non-hydrogen) atoms. The van der Waals surface area contributed by atoms with Crippen molar-refractivity contribution in [2.24, 2.45) is 0 Å². The van der Waals surface area contributed by atoms with E-state index in [1.54, 1.807) is 0 Å². The highest BCUT2D eigenvalue weighted by molar-refractivity contribution is 5.84. The van der Waals surface area contributed by atoms with Gasteiger partial charge >= 0.3 is 0 Å². The fourth-order valence-corrected chi connectivity index (χ4v) is 3.73. The van der Waals surface area contributed by atoms with Gasteiger partial charge in [-0.05, 0) is 54.1 Å². The summed E-state index contributed by atoms with van der Waals surface area (Å²) in [5, 5.41) is -0.141. The molecule has 1 nitrogen and oxygen atoms in total. The van der Waals surface area contributed by atoms with Crippen molar-refractivity contribution in [3.63, 3.8) is 0 Å². The van der Waals surface area contributed by atoms with E-state index in [2.05, 4.69) is 18.4 Å². The van der Waals surface area contributed by atoms with Crippen molar-refractivity contribution in [3.05, 3.63) is 124 Å². The maximum Gasteiger partial charge on any atom is 0.195 e. The standard InChI is InChI=1S/C29H17F7O/c1-2-9-37-19-14-25(32)22(26(33)15-19)8-5-17-11-23(30)21(24(31)12-17)7-4-16-3-6-20-18(10-16)13-27(34)29(36)28(20)35/h2-3,6,10-15H,1,5,8-9H2. The summed E-state index contributed by atoms with van der Waals surface area (Å²) in [7, 11) is 0. The lowest BCUT2D eigenvalue weighted by Gasteiger charge is -2.09. The first-order chi connectivity index (χ1) is 17.7. The molecule has 0 saturated heterocycles. The van der Waals surface area contributed by atoms with Gasteiger partial charge in [0.15, 0.2) is 17.5 Å². The fourth-order valence-electron chi connectivity index (χ4n) is 3.73. The Balaban J connectivity index is 1.54. The Kier molecular flexibility index (Phi) is 7.53. The van der Waals surface area contributed by atoms with E-state index >= 15 is 0 Å².